The van der Waals surface area contributed by atoms with Gasteiger partial charge in [0, 0.05) is 17.1 Å². The van der Waals surface area contributed by atoms with Gasteiger partial charge in [-0.05, 0) is 79.8 Å². The highest BCUT2D eigenvalue weighted by Gasteiger charge is 2.14. The molecular formula is C21H21N3O3S2. The molecule has 0 aliphatic heterocycles. The maximum absolute atomic E-state index is 12.6. The van der Waals surface area contributed by atoms with Gasteiger partial charge in [0.25, 0.3) is 10.0 Å². The van der Waals surface area contributed by atoms with Crippen molar-refractivity contribution in [2.24, 2.45) is 0 Å². The summed E-state index contributed by atoms with van der Waals surface area (Å²) in [7, 11) is -3.70. The standard InChI is InChI=1S/C21H21N3O3S2/c1-2-27-19-12-8-18(9-13-19)24-29(25,26)20-14-10-17(11-15-20)23-21(28)22-16-6-4-3-5-7-16/h3-15,24H,2H2,1H3,(H2,22,23,28). The van der Waals surface area contributed by atoms with Crippen molar-refractivity contribution in [3.63, 3.8) is 0 Å². The van der Waals surface area contributed by atoms with Crippen LogP contribution in [-0.2, 0) is 10.0 Å². The van der Waals surface area contributed by atoms with Gasteiger partial charge in [-0.2, -0.15) is 0 Å². The molecule has 0 saturated heterocycles. The molecule has 3 aromatic carbocycles. The zero-order chi connectivity index (χ0) is 20.7. The molecule has 0 heterocycles. The van der Waals surface area contributed by atoms with Crippen LogP contribution in [0.25, 0.3) is 0 Å². The molecule has 0 saturated carbocycles. The first-order valence-corrected chi connectivity index (χ1v) is 10.8. The van der Waals surface area contributed by atoms with Crippen molar-refractivity contribution in [3.8, 4) is 5.75 Å². The number of para-hydroxylation sites is 1. The minimum atomic E-state index is -3.70. The number of rotatable bonds is 7. The number of thiocarbonyl (C=S) groups is 1. The second-order valence-electron chi connectivity index (χ2n) is 6.03. The van der Waals surface area contributed by atoms with Crippen molar-refractivity contribution in [2.45, 2.75) is 11.8 Å². The molecule has 0 aromatic heterocycles. The fourth-order valence-corrected chi connectivity index (χ4v) is 3.83. The molecule has 0 fully saturated rings. The molecule has 0 atom stereocenters. The third-order valence-corrected chi connectivity index (χ3v) is 5.47. The highest BCUT2D eigenvalue weighted by molar-refractivity contribution is 7.92. The summed E-state index contributed by atoms with van der Waals surface area (Å²) in [6, 6.07) is 22.6. The first-order chi connectivity index (χ1) is 14.0. The average molecular weight is 428 g/mol. The molecule has 8 heteroatoms. The van der Waals surface area contributed by atoms with Crippen molar-refractivity contribution in [1.29, 1.82) is 0 Å². The molecule has 0 unspecified atom stereocenters. The predicted molar refractivity (Wildman–Crippen MR) is 121 cm³/mol. The second kappa shape index (κ2) is 9.40. The molecular weight excluding hydrogens is 406 g/mol. The van der Waals surface area contributed by atoms with E-state index in [1.165, 1.54) is 12.1 Å². The normalized spacial score (nSPS) is 10.8. The Morgan fingerprint density at radius 1 is 0.828 bits per heavy atom. The van der Waals surface area contributed by atoms with E-state index in [2.05, 4.69) is 15.4 Å². The molecule has 3 aromatic rings. The summed E-state index contributed by atoms with van der Waals surface area (Å²) in [5.74, 6) is 0.686. The summed E-state index contributed by atoms with van der Waals surface area (Å²) >= 11 is 5.28. The van der Waals surface area contributed by atoms with Gasteiger partial charge in [0.2, 0.25) is 0 Å². The molecule has 150 valence electrons. The Morgan fingerprint density at radius 2 is 1.38 bits per heavy atom. The lowest BCUT2D eigenvalue weighted by atomic mass is 10.3. The van der Waals surface area contributed by atoms with Crippen LogP contribution in [-0.4, -0.2) is 20.1 Å². The second-order valence-corrected chi connectivity index (χ2v) is 8.12. The number of hydrogen-bond acceptors (Lipinski definition) is 4. The van der Waals surface area contributed by atoms with Gasteiger partial charge in [-0.25, -0.2) is 8.42 Å². The van der Waals surface area contributed by atoms with Crippen LogP contribution in [0.15, 0.2) is 83.8 Å². The molecule has 0 aliphatic rings. The number of hydrogen-bond donors (Lipinski definition) is 3. The third-order valence-electron chi connectivity index (χ3n) is 3.87. The van der Waals surface area contributed by atoms with Crippen LogP contribution in [0.1, 0.15) is 6.92 Å². The zero-order valence-corrected chi connectivity index (χ0v) is 17.4. The minimum Gasteiger partial charge on any atom is -0.494 e. The van der Waals surface area contributed by atoms with Gasteiger partial charge in [-0.1, -0.05) is 18.2 Å². The molecule has 6 nitrogen and oxygen atoms in total. The predicted octanol–water partition coefficient (Wildman–Crippen LogP) is 4.70. The maximum Gasteiger partial charge on any atom is 0.261 e. The fourth-order valence-electron chi connectivity index (χ4n) is 2.53. The number of ether oxygens (including phenoxy) is 1. The van der Waals surface area contributed by atoms with E-state index in [9.17, 15) is 8.42 Å². The first kappa shape index (κ1) is 20.6. The topological polar surface area (TPSA) is 79.5 Å². The summed E-state index contributed by atoms with van der Waals surface area (Å²) in [6.07, 6.45) is 0. The van der Waals surface area contributed by atoms with E-state index in [-0.39, 0.29) is 4.90 Å². The summed E-state index contributed by atoms with van der Waals surface area (Å²) in [6.45, 7) is 2.44. The van der Waals surface area contributed by atoms with E-state index in [1.807, 2.05) is 37.3 Å². The maximum atomic E-state index is 12.6. The summed E-state index contributed by atoms with van der Waals surface area (Å²) in [5.41, 5.74) is 2.01. The molecule has 0 aliphatic carbocycles. The number of benzene rings is 3. The number of anilines is 3. The lowest BCUT2D eigenvalue weighted by Crippen LogP contribution is -2.19. The molecule has 0 radical (unpaired) electrons. The van der Waals surface area contributed by atoms with Gasteiger partial charge >= 0.3 is 0 Å². The largest absolute Gasteiger partial charge is 0.494 e. The fraction of sp³-hybridized carbons (Fsp3) is 0.0952. The highest BCUT2D eigenvalue weighted by Crippen LogP contribution is 2.21. The molecule has 0 spiro atoms. The van der Waals surface area contributed by atoms with E-state index in [0.29, 0.717) is 28.8 Å². The van der Waals surface area contributed by atoms with Gasteiger partial charge in [0.15, 0.2) is 5.11 Å². The average Bonchev–Trinajstić information content (AvgIpc) is 2.70. The monoisotopic (exact) mass is 427 g/mol. The Hall–Kier alpha value is -3.10. The van der Waals surface area contributed by atoms with Gasteiger partial charge in [0.05, 0.1) is 11.5 Å². The van der Waals surface area contributed by atoms with Crippen LogP contribution >= 0.6 is 12.2 Å². The zero-order valence-electron chi connectivity index (χ0n) is 15.8. The quantitative estimate of drug-likeness (QED) is 0.475. The number of sulfonamides is 1. The van der Waals surface area contributed by atoms with Gasteiger partial charge in [0.1, 0.15) is 5.75 Å². The highest BCUT2D eigenvalue weighted by atomic mass is 32.2. The van der Waals surface area contributed by atoms with E-state index in [0.717, 1.165) is 5.69 Å². The Labute approximate surface area is 176 Å². The summed E-state index contributed by atoms with van der Waals surface area (Å²) in [4.78, 5) is 0.152. The molecule has 3 N–H and O–H groups in total. The van der Waals surface area contributed by atoms with Crippen molar-refractivity contribution in [2.75, 3.05) is 22.0 Å². The Bertz CT molecular complexity index is 1050. The Balaban J connectivity index is 1.62. The van der Waals surface area contributed by atoms with E-state index in [1.54, 1.807) is 36.4 Å². The molecule has 0 amide bonds. The van der Waals surface area contributed by atoms with Crippen molar-refractivity contribution in [1.82, 2.24) is 0 Å². The van der Waals surface area contributed by atoms with Crippen LogP contribution in [0.5, 0.6) is 5.75 Å². The lowest BCUT2D eigenvalue weighted by Gasteiger charge is -2.12. The summed E-state index contributed by atoms with van der Waals surface area (Å²) < 4.78 is 33.1. The molecule has 0 bridgehead atoms. The van der Waals surface area contributed by atoms with Gasteiger partial charge in [-0.15, -0.1) is 0 Å². The van der Waals surface area contributed by atoms with E-state index in [4.69, 9.17) is 17.0 Å². The van der Waals surface area contributed by atoms with Crippen LogP contribution in [0.4, 0.5) is 17.1 Å². The van der Waals surface area contributed by atoms with Crippen molar-refractivity contribution in [3.05, 3.63) is 78.9 Å². The third kappa shape index (κ3) is 5.94. The first-order valence-electron chi connectivity index (χ1n) is 8.95. The molecule has 3 rings (SSSR count). The Morgan fingerprint density at radius 3 is 1.97 bits per heavy atom. The summed E-state index contributed by atoms with van der Waals surface area (Å²) in [5, 5.41) is 6.51. The van der Waals surface area contributed by atoms with Gasteiger partial charge in [-0.3, -0.25) is 4.72 Å². The molecule has 29 heavy (non-hydrogen) atoms. The SMILES string of the molecule is CCOc1ccc(NS(=O)(=O)c2ccc(NC(=S)Nc3ccccc3)cc2)cc1. The lowest BCUT2D eigenvalue weighted by molar-refractivity contribution is 0.340. The van der Waals surface area contributed by atoms with Gasteiger partial charge < -0.3 is 15.4 Å². The number of nitrogens with one attached hydrogen (secondary N) is 3. The minimum absolute atomic E-state index is 0.152. The van der Waals surface area contributed by atoms with E-state index < -0.39 is 10.0 Å². The van der Waals surface area contributed by atoms with Crippen LogP contribution in [0.2, 0.25) is 0 Å². The van der Waals surface area contributed by atoms with E-state index >= 15 is 0 Å². The van der Waals surface area contributed by atoms with Crippen molar-refractivity contribution < 1.29 is 13.2 Å². The smallest absolute Gasteiger partial charge is 0.261 e. The Kier molecular flexibility index (Phi) is 6.69. The van der Waals surface area contributed by atoms with Crippen LogP contribution in [0.3, 0.4) is 0 Å². The van der Waals surface area contributed by atoms with Crippen LogP contribution in [0, 0.1) is 0 Å². The van der Waals surface area contributed by atoms with Crippen LogP contribution < -0.4 is 20.1 Å². The van der Waals surface area contributed by atoms with Crippen molar-refractivity contribution >= 4 is 44.4 Å².